The van der Waals surface area contributed by atoms with Crippen LogP contribution in [-0.4, -0.2) is 0 Å². The summed E-state index contributed by atoms with van der Waals surface area (Å²) < 4.78 is 0. The summed E-state index contributed by atoms with van der Waals surface area (Å²) in [5.41, 5.74) is 8.43. The summed E-state index contributed by atoms with van der Waals surface area (Å²) in [6, 6.07) is 6.39. The van der Waals surface area contributed by atoms with Gasteiger partial charge in [-0.2, -0.15) is 0 Å². The summed E-state index contributed by atoms with van der Waals surface area (Å²) in [5.74, 6) is 0. The van der Waals surface area contributed by atoms with Crippen LogP contribution in [-0.2, 0) is 0 Å². The monoisotopic (exact) mass is 255 g/mol. The third kappa shape index (κ3) is 3.85. The normalized spacial score (nSPS) is 13.1. The molecule has 102 valence electrons. The van der Waals surface area contributed by atoms with Crippen molar-refractivity contribution in [1.82, 2.24) is 0 Å². The number of allylic oxidation sites excluding steroid dienone is 4. The number of rotatable bonds is 4. The van der Waals surface area contributed by atoms with Gasteiger partial charge in [-0.25, -0.2) is 0 Å². The van der Waals surface area contributed by atoms with Gasteiger partial charge in [0, 0.05) is 11.4 Å². The molecule has 1 rings (SSSR count). The standard InChI is InChI=1S/C18H25N/c1-8-12(2)15(5)16(6)17(7)19-18-10-9-13(3)14(4)11-18/h8-11,19H,7H2,1-6H3/b12-8-,16-15+. The van der Waals surface area contributed by atoms with Crippen LogP contribution in [0, 0.1) is 13.8 Å². The minimum Gasteiger partial charge on any atom is -0.356 e. The molecule has 0 aliphatic carbocycles. The third-order valence-electron chi connectivity index (χ3n) is 3.84. The molecule has 0 aromatic heterocycles. The van der Waals surface area contributed by atoms with Gasteiger partial charge < -0.3 is 5.32 Å². The van der Waals surface area contributed by atoms with Crippen molar-refractivity contribution in [2.24, 2.45) is 0 Å². The molecule has 0 atom stereocenters. The third-order valence-corrected chi connectivity index (χ3v) is 3.84. The van der Waals surface area contributed by atoms with E-state index in [1.807, 2.05) is 0 Å². The topological polar surface area (TPSA) is 12.0 Å². The molecule has 1 nitrogen and oxygen atoms in total. The predicted octanol–water partition coefficient (Wildman–Crippen LogP) is 5.53. The van der Waals surface area contributed by atoms with Crippen molar-refractivity contribution in [2.45, 2.75) is 41.5 Å². The van der Waals surface area contributed by atoms with Gasteiger partial charge in [-0.05, 0) is 75.9 Å². The van der Waals surface area contributed by atoms with E-state index in [1.54, 1.807) is 0 Å². The highest BCUT2D eigenvalue weighted by Crippen LogP contribution is 2.22. The van der Waals surface area contributed by atoms with Crippen LogP contribution >= 0.6 is 0 Å². The molecule has 0 aliphatic heterocycles. The Morgan fingerprint density at radius 2 is 1.68 bits per heavy atom. The molecule has 1 N–H and O–H groups in total. The van der Waals surface area contributed by atoms with Crippen LogP contribution in [0.25, 0.3) is 0 Å². The van der Waals surface area contributed by atoms with Crippen LogP contribution in [0.15, 0.2) is 53.3 Å². The molecule has 0 bridgehead atoms. The summed E-state index contributed by atoms with van der Waals surface area (Å²) >= 11 is 0. The van der Waals surface area contributed by atoms with Crippen molar-refractivity contribution in [1.29, 1.82) is 0 Å². The second-order valence-electron chi connectivity index (χ2n) is 5.12. The molecule has 0 saturated heterocycles. The van der Waals surface area contributed by atoms with Crippen molar-refractivity contribution in [3.05, 3.63) is 64.4 Å². The second-order valence-corrected chi connectivity index (χ2v) is 5.12. The van der Waals surface area contributed by atoms with Gasteiger partial charge in [0.2, 0.25) is 0 Å². The van der Waals surface area contributed by atoms with Crippen LogP contribution in [0.5, 0.6) is 0 Å². The highest BCUT2D eigenvalue weighted by Gasteiger charge is 2.04. The summed E-state index contributed by atoms with van der Waals surface area (Å²) in [6.07, 6.45) is 2.13. The maximum absolute atomic E-state index is 4.14. The van der Waals surface area contributed by atoms with Crippen LogP contribution in [0.4, 0.5) is 5.69 Å². The average Bonchev–Trinajstić information content (AvgIpc) is 2.40. The van der Waals surface area contributed by atoms with Crippen molar-refractivity contribution >= 4 is 5.69 Å². The van der Waals surface area contributed by atoms with Gasteiger partial charge in [0.05, 0.1) is 0 Å². The summed E-state index contributed by atoms with van der Waals surface area (Å²) in [6.45, 7) is 16.8. The summed E-state index contributed by atoms with van der Waals surface area (Å²) in [4.78, 5) is 0. The quantitative estimate of drug-likeness (QED) is 0.697. The zero-order valence-electron chi connectivity index (χ0n) is 13.0. The fraction of sp³-hybridized carbons (Fsp3) is 0.333. The van der Waals surface area contributed by atoms with Crippen molar-refractivity contribution in [3.8, 4) is 0 Å². The van der Waals surface area contributed by atoms with E-state index in [1.165, 1.54) is 27.8 Å². The van der Waals surface area contributed by atoms with E-state index in [0.717, 1.165) is 11.4 Å². The molecule has 0 amide bonds. The zero-order valence-corrected chi connectivity index (χ0v) is 13.0. The minimum absolute atomic E-state index is 0.960. The SMILES string of the molecule is C=C(Nc1ccc(C)c(C)c1)/C(C)=C(C)/C(C)=C\C. The van der Waals surface area contributed by atoms with E-state index in [-0.39, 0.29) is 0 Å². The number of benzene rings is 1. The molecule has 0 aliphatic rings. The highest BCUT2D eigenvalue weighted by molar-refractivity contribution is 5.56. The lowest BCUT2D eigenvalue weighted by atomic mass is 10.0. The predicted molar refractivity (Wildman–Crippen MR) is 86.5 cm³/mol. The number of anilines is 1. The Labute approximate surface area is 117 Å². The zero-order chi connectivity index (χ0) is 14.6. The number of aryl methyl sites for hydroxylation is 2. The Balaban J connectivity index is 2.94. The van der Waals surface area contributed by atoms with Crippen molar-refractivity contribution in [2.75, 3.05) is 5.32 Å². The molecule has 1 heteroatoms. The maximum atomic E-state index is 4.14. The molecule has 19 heavy (non-hydrogen) atoms. The first-order valence-corrected chi connectivity index (χ1v) is 6.71. The summed E-state index contributed by atoms with van der Waals surface area (Å²) in [7, 11) is 0. The molecule has 0 heterocycles. The van der Waals surface area contributed by atoms with Crippen molar-refractivity contribution < 1.29 is 0 Å². The van der Waals surface area contributed by atoms with Gasteiger partial charge in [-0.3, -0.25) is 0 Å². The molecule has 1 aromatic carbocycles. The molecular formula is C18H25N. The van der Waals surface area contributed by atoms with Gasteiger partial charge in [-0.1, -0.05) is 24.3 Å². The fourth-order valence-corrected chi connectivity index (χ4v) is 1.83. The summed E-state index contributed by atoms with van der Waals surface area (Å²) in [5, 5.41) is 3.39. The lowest BCUT2D eigenvalue weighted by Crippen LogP contribution is -2.02. The second kappa shape index (κ2) is 6.42. The Morgan fingerprint density at radius 1 is 1.05 bits per heavy atom. The molecule has 0 radical (unpaired) electrons. The average molecular weight is 255 g/mol. The fourth-order valence-electron chi connectivity index (χ4n) is 1.83. The highest BCUT2D eigenvalue weighted by atomic mass is 14.9. The van der Waals surface area contributed by atoms with Crippen LogP contribution in [0.3, 0.4) is 0 Å². The first kappa shape index (κ1) is 15.3. The minimum atomic E-state index is 0.960. The van der Waals surface area contributed by atoms with Gasteiger partial charge in [-0.15, -0.1) is 0 Å². The molecule has 0 spiro atoms. The van der Waals surface area contributed by atoms with Gasteiger partial charge in [0.1, 0.15) is 0 Å². The Hall–Kier alpha value is -1.76. The van der Waals surface area contributed by atoms with Gasteiger partial charge in [0.25, 0.3) is 0 Å². The lowest BCUT2D eigenvalue weighted by Gasteiger charge is -2.15. The smallest absolute Gasteiger partial charge is 0.0386 e. The number of hydrogen-bond acceptors (Lipinski definition) is 1. The Kier molecular flexibility index (Phi) is 5.17. The van der Waals surface area contributed by atoms with Gasteiger partial charge >= 0.3 is 0 Å². The molecule has 0 unspecified atom stereocenters. The lowest BCUT2D eigenvalue weighted by molar-refractivity contribution is 1.22. The van der Waals surface area contributed by atoms with E-state index in [0.29, 0.717) is 0 Å². The first-order chi connectivity index (χ1) is 8.86. The number of nitrogens with one attached hydrogen (secondary N) is 1. The Bertz CT molecular complexity index is 545. The van der Waals surface area contributed by atoms with Crippen LogP contribution in [0.1, 0.15) is 38.8 Å². The number of hydrogen-bond donors (Lipinski definition) is 1. The van der Waals surface area contributed by atoms with E-state index < -0.39 is 0 Å². The Morgan fingerprint density at radius 3 is 2.21 bits per heavy atom. The largest absolute Gasteiger partial charge is 0.356 e. The van der Waals surface area contributed by atoms with E-state index in [2.05, 4.69) is 77.7 Å². The van der Waals surface area contributed by atoms with E-state index in [4.69, 9.17) is 0 Å². The maximum Gasteiger partial charge on any atom is 0.0386 e. The van der Waals surface area contributed by atoms with E-state index >= 15 is 0 Å². The molecular weight excluding hydrogens is 230 g/mol. The van der Waals surface area contributed by atoms with Crippen LogP contribution in [0.2, 0.25) is 0 Å². The van der Waals surface area contributed by atoms with Crippen LogP contribution < -0.4 is 5.32 Å². The van der Waals surface area contributed by atoms with Gasteiger partial charge in [0.15, 0.2) is 0 Å². The molecule has 0 fully saturated rings. The molecule has 0 saturated carbocycles. The van der Waals surface area contributed by atoms with E-state index in [9.17, 15) is 0 Å². The van der Waals surface area contributed by atoms with Crippen molar-refractivity contribution in [3.63, 3.8) is 0 Å². The first-order valence-electron chi connectivity index (χ1n) is 6.71. The molecule has 1 aromatic rings.